The Morgan fingerprint density at radius 2 is 1.80 bits per heavy atom. The maximum Gasteiger partial charge on any atom is 0.498 e. The van der Waals surface area contributed by atoms with Crippen LogP contribution in [0.3, 0.4) is 0 Å². The van der Waals surface area contributed by atoms with Gasteiger partial charge in [-0.3, -0.25) is 4.68 Å². The van der Waals surface area contributed by atoms with Crippen LogP contribution in [0.1, 0.15) is 46.6 Å². The summed E-state index contributed by atoms with van der Waals surface area (Å²) in [5, 5.41) is 4.62. The molecular formula is C18H31BN3O3+. The zero-order valence-electron chi connectivity index (χ0n) is 15.9. The van der Waals surface area contributed by atoms with Crippen LogP contribution in [0.15, 0.2) is 12.4 Å². The van der Waals surface area contributed by atoms with Gasteiger partial charge in [0.1, 0.15) is 5.92 Å². The maximum atomic E-state index is 6.14. The molecule has 0 saturated carbocycles. The van der Waals surface area contributed by atoms with Crippen LogP contribution >= 0.6 is 0 Å². The molecule has 3 aliphatic heterocycles. The third-order valence-corrected chi connectivity index (χ3v) is 6.37. The minimum absolute atomic E-state index is 0.307. The minimum Gasteiger partial charge on any atom is -0.433 e. The lowest BCUT2D eigenvalue weighted by atomic mass is 9.82. The number of likely N-dealkylation sites (tertiary alicyclic amines) is 1. The van der Waals surface area contributed by atoms with Gasteiger partial charge in [0, 0.05) is 37.5 Å². The molecule has 0 bridgehead atoms. The highest BCUT2D eigenvalue weighted by atomic mass is 16.7. The molecule has 3 aliphatic rings. The summed E-state index contributed by atoms with van der Waals surface area (Å²) in [5.41, 5.74) is 0.412. The molecule has 7 heteroatoms. The van der Waals surface area contributed by atoms with Crippen molar-refractivity contribution < 1.29 is 14.0 Å². The zero-order valence-corrected chi connectivity index (χ0v) is 15.9. The SMILES string of the molecule is CC1(C)OB(c2cnn(C3CCN(CC4C[OH+]C4)CC3)c2)OC1(C)C. The van der Waals surface area contributed by atoms with Crippen LogP contribution in [-0.2, 0) is 9.31 Å². The van der Waals surface area contributed by atoms with Gasteiger partial charge in [-0.15, -0.1) is 0 Å². The first-order chi connectivity index (χ1) is 11.8. The van der Waals surface area contributed by atoms with Crippen molar-refractivity contribution in [2.75, 3.05) is 32.8 Å². The molecule has 0 atom stereocenters. The van der Waals surface area contributed by atoms with E-state index in [1.54, 1.807) is 0 Å². The number of rotatable bonds is 4. The number of nitrogens with zero attached hydrogens (tertiary/aromatic N) is 3. The molecule has 6 nitrogen and oxygen atoms in total. The molecule has 1 aromatic heterocycles. The van der Waals surface area contributed by atoms with Crippen LogP contribution in [0.4, 0.5) is 0 Å². The maximum absolute atomic E-state index is 6.14. The summed E-state index contributed by atoms with van der Waals surface area (Å²) in [7, 11) is -0.318. The Kier molecular flexibility index (Phi) is 4.47. The summed E-state index contributed by atoms with van der Waals surface area (Å²) in [4.78, 5) is 2.59. The molecule has 0 amide bonds. The molecule has 0 radical (unpaired) electrons. The number of aliphatic hydroxyl groups is 2. The van der Waals surface area contributed by atoms with Crippen LogP contribution in [0.5, 0.6) is 0 Å². The Balaban J connectivity index is 1.34. The summed E-state index contributed by atoms with van der Waals surface area (Å²) in [6.45, 7) is 14.0. The molecule has 0 aliphatic carbocycles. The fraction of sp³-hybridized carbons (Fsp3) is 0.833. The molecule has 25 heavy (non-hydrogen) atoms. The van der Waals surface area contributed by atoms with Gasteiger partial charge in [-0.25, -0.2) is 0 Å². The van der Waals surface area contributed by atoms with Gasteiger partial charge >= 0.3 is 7.12 Å². The lowest BCUT2D eigenvalue weighted by Crippen LogP contribution is -2.44. The van der Waals surface area contributed by atoms with Crippen LogP contribution < -0.4 is 5.46 Å². The van der Waals surface area contributed by atoms with E-state index in [0.717, 1.165) is 50.5 Å². The topological polar surface area (TPSA) is 52.3 Å². The summed E-state index contributed by atoms with van der Waals surface area (Å²) >= 11 is 0. The van der Waals surface area contributed by atoms with Gasteiger partial charge in [-0.05, 0) is 40.5 Å². The fourth-order valence-electron chi connectivity index (χ4n) is 3.81. The molecule has 138 valence electrons. The molecule has 4 heterocycles. The van der Waals surface area contributed by atoms with Crippen molar-refractivity contribution in [2.45, 2.75) is 57.8 Å². The van der Waals surface area contributed by atoms with E-state index in [1.165, 1.54) is 6.54 Å². The quantitative estimate of drug-likeness (QED) is 0.601. The van der Waals surface area contributed by atoms with Crippen LogP contribution in [0.25, 0.3) is 0 Å². The lowest BCUT2D eigenvalue weighted by molar-refractivity contribution is -0.178. The lowest BCUT2D eigenvalue weighted by Gasteiger charge is -2.35. The highest BCUT2D eigenvalue weighted by Crippen LogP contribution is 2.36. The Bertz CT molecular complexity index is 590. The number of hydrogen-bond acceptors (Lipinski definition) is 4. The Labute approximate surface area is 150 Å². The van der Waals surface area contributed by atoms with Crippen molar-refractivity contribution in [3.8, 4) is 0 Å². The van der Waals surface area contributed by atoms with Gasteiger partial charge in [0.05, 0.1) is 17.2 Å². The first-order valence-electron chi connectivity index (χ1n) is 9.59. The van der Waals surface area contributed by atoms with Gasteiger partial charge in [-0.2, -0.15) is 5.10 Å². The van der Waals surface area contributed by atoms with E-state index in [2.05, 4.69) is 53.3 Å². The zero-order chi connectivity index (χ0) is 17.7. The molecule has 1 aromatic rings. The monoisotopic (exact) mass is 348 g/mol. The van der Waals surface area contributed by atoms with Gasteiger partial charge < -0.3 is 18.9 Å². The second kappa shape index (κ2) is 6.37. The standard InChI is InChI=1S/C18H30BN3O3/c1-17(2)18(3,4)25-19(24-17)15-9-20-22(11-15)16-5-7-21(8-6-16)10-14-12-23-13-14/h9,11,14,16H,5-8,10,12-13H2,1-4H3/p+1. The van der Waals surface area contributed by atoms with Gasteiger partial charge in [0.15, 0.2) is 13.2 Å². The van der Waals surface area contributed by atoms with Crippen molar-refractivity contribution in [1.82, 2.24) is 14.7 Å². The van der Waals surface area contributed by atoms with Crippen LogP contribution in [0, 0.1) is 5.92 Å². The van der Waals surface area contributed by atoms with E-state index in [1.807, 2.05) is 6.20 Å². The number of hydrogen-bond donors (Lipinski definition) is 0. The van der Waals surface area contributed by atoms with Crippen LogP contribution in [0.2, 0.25) is 0 Å². The van der Waals surface area contributed by atoms with Crippen molar-refractivity contribution in [1.29, 1.82) is 0 Å². The highest BCUT2D eigenvalue weighted by Gasteiger charge is 2.52. The Hall–Kier alpha value is -0.885. The Morgan fingerprint density at radius 3 is 2.36 bits per heavy atom. The average molecular weight is 348 g/mol. The molecular weight excluding hydrogens is 317 g/mol. The van der Waals surface area contributed by atoms with Gasteiger partial charge in [0.2, 0.25) is 0 Å². The number of aromatic nitrogens is 2. The van der Waals surface area contributed by atoms with E-state index in [-0.39, 0.29) is 18.3 Å². The van der Waals surface area contributed by atoms with Crippen molar-refractivity contribution in [3.63, 3.8) is 0 Å². The van der Waals surface area contributed by atoms with E-state index >= 15 is 0 Å². The van der Waals surface area contributed by atoms with E-state index in [9.17, 15) is 0 Å². The molecule has 1 N–H and O–H groups in total. The van der Waals surface area contributed by atoms with E-state index in [0.29, 0.717) is 6.04 Å². The summed E-state index contributed by atoms with van der Waals surface area (Å²) in [5.74, 6) is 0.802. The second-order valence-electron chi connectivity index (χ2n) is 8.83. The summed E-state index contributed by atoms with van der Waals surface area (Å²) < 4.78 is 18.7. The predicted molar refractivity (Wildman–Crippen MR) is 98.1 cm³/mol. The largest absolute Gasteiger partial charge is 0.498 e. The molecule has 3 saturated heterocycles. The van der Waals surface area contributed by atoms with E-state index < -0.39 is 0 Å². The smallest absolute Gasteiger partial charge is 0.433 e. The van der Waals surface area contributed by atoms with Crippen molar-refractivity contribution in [3.05, 3.63) is 12.4 Å². The van der Waals surface area contributed by atoms with Crippen molar-refractivity contribution in [2.24, 2.45) is 5.92 Å². The third kappa shape index (κ3) is 3.39. The molecule has 4 rings (SSSR count). The predicted octanol–water partition coefficient (Wildman–Crippen LogP) is 0.977. The Morgan fingerprint density at radius 1 is 1.16 bits per heavy atom. The molecule has 3 fully saturated rings. The van der Waals surface area contributed by atoms with E-state index in [4.69, 9.17) is 9.31 Å². The first-order valence-corrected chi connectivity index (χ1v) is 9.59. The summed E-state index contributed by atoms with van der Waals surface area (Å²) in [6.07, 6.45) is 6.35. The first kappa shape index (κ1) is 17.5. The third-order valence-electron chi connectivity index (χ3n) is 6.37. The summed E-state index contributed by atoms with van der Waals surface area (Å²) in [6, 6.07) is 0.485. The average Bonchev–Trinajstić information content (AvgIpc) is 3.07. The number of piperidine rings is 1. The highest BCUT2D eigenvalue weighted by molar-refractivity contribution is 6.62. The van der Waals surface area contributed by atoms with Gasteiger partial charge in [-0.1, -0.05) is 0 Å². The van der Waals surface area contributed by atoms with Crippen molar-refractivity contribution >= 4 is 12.6 Å². The van der Waals surface area contributed by atoms with Crippen LogP contribution in [-0.4, -0.2) is 70.6 Å². The fourth-order valence-corrected chi connectivity index (χ4v) is 3.81. The molecule has 0 spiro atoms. The van der Waals surface area contributed by atoms with Gasteiger partial charge in [0.25, 0.3) is 0 Å². The molecule has 0 aromatic carbocycles. The second-order valence-corrected chi connectivity index (χ2v) is 8.83. The normalized spacial score (nSPS) is 27.6. The minimum atomic E-state index is -0.318. The molecule has 0 unspecified atom stereocenters. The number of ether oxygens (including phenoxy) is 1.